The van der Waals surface area contributed by atoms with E-state index in [1.165, 1.54) is 16.6 Å². The zero-order valence-electron chi connectivity index (χ0n) is 11.2. The van der Waals surface area contributed by atoms with Crippen LogP contribution >= 0.6 is 11.6 Å². The van der Waals surface area contributed by atoms with Gasteiger partial charge in [0.2, 0.25) is 0 Å². The highest BCUT2D eigenvalue weighted by molar-refractivity contribution is 6.32. The van der Waals surface area contributed by atoms with Gasteiger partial charge in [0.25, 0.3) is 0 Å². The number of fused-ring (bicyclic) bond motifs is 1. The summed E-state index contributed by atoms with van der Waals surface area (Å²) in [5, 5.41) is 5.02. The minimum absolute atomic E-state index is 0.452. The summed E-state index contributed by atoms with van der Waals surface area (Å²) in [5.41, 5.74) is 3.61. The van der Waals surface area contributed by atoms with Gasteiger partial charge < -0.3 is 15.0 Å². The van der Waals surface area contributed by atoms with Gasteiger partial charge in [-0.2, -0.15) is 0 Å². The van der Waals surface area contributed by atoms with Crippen LogP contribution in [0.5, 0.6) is 5.75 Å². The molecule has 3 nitrogen and oxygen atoms in total. The fourth-order valence-corrected chi connectivity index (χ4v) is 2.65. The summed E-state index contributed by atoms with van der Waals surface area (Å²) in [4.78, 5) is 3.44. The first-order chi connectivity index (χ1) is 8.58. The van der Waals surface area contributed by atoms with Gasteiger partial charge in [-0.15, -0.1) is 0 Å². The maximum atomic E-state index is 6.16. The summed E-state index contributed by atoms with van der Waals surface area (Å²) in [5.74, 6) is 1.18. The van der Waals surface area contributed by atoms with Gasteiger partial charge in [0.05, 0.1) is 12.1 Å². The van der Waals surface area contributed by atoms with Crippen molar-refractivity contribution in [2.45, 2.75) is 26.3 Å². The fraction of sp³-hybridized carbons (Fsp3) is 0.429. The van der Waals surface area contributed by atoms with E-state index in [1.807, 2.05) is 19.2 Å². The van der Waals surface area contributed by atoms with E-state index >= 15 is 0 Å². The SMILES string of the molecule is CNCc1[nH]c2cc(Cl)c(OC)cc2c1C(C)C. The Bertz CT molecular complexity index is 560. The summed E-state index contributed by atoms with van der Waals surface area (Å²) in [6, 6.07) is 3.95. The smallest absolute Gasteiger partial charge is 0.138 e. The first kappa shape index (κ1) is 13.2. The third-order valence-electron chi connectivity index (χ3n) is 3.12. The van der Waals surface area contributed by atoms with Crippen molar-refractivity contribution in [2.24, 2.45) is 0 Å². The highest BCUT2D eigenvalue weighted by Crippen LogP contribution is 2.35. The van der Waals surface area contributed by atoms with Gasteiger partial charge in [0.1, 0.15) is 5.75 Å². The first-order valence-corrected chi connectivity index (χ1v) is 6.48. The van der Waals surface area contributed by atoms with E-state index < -0.39 is 0 Å². The summed E-state index contributed by atoms with van der Waals surface area (Å²) in [7, 11) is 3.59. The molecule has 0 aliphatic carbocycles. The Balaban J connectivity index is 2.70. The third kappa shape index (κ3) is 2.20. The number of hydrogen-bond acceptors (Lipinski definition) is 2. The lowest BCUT2D eigenvalue weighted by molar-refractivity contribution is 0.415. The molecule has 0 spiro atoms. The number of ether oxygens (including phenoxy) is 1. The molecule has 0 amide bonds. The molecule has 1 aromatic carbocycles. The van der Waals surface area contributed by atoms with E-state index in [0.29, 0.717) is 10.9 Å². The van der Waals surface area contributed by atoms with Crippen LogP contribution in [0.4, 0.5) is 0 Å². The Morgan fingerprint density at radius 2 is 2.11 bits per heavy atom. The van der Waals surface area contributed by atoms with Crippen LogP contribution in [0, 0.1) is 0 Å². The standard InChI is InChI=1S/C14H19ClN2O/c1-8(2)14-9-5-13(18-4)10(15)6-11(9)17-12(14)7-16-3/h5-6,8,16-17H,7H2,1-4H3. The minimum atomic E-state index is 0.452. The number of methoxy groups -OCH3 is 1. The van der Waals surface area contributed by atoms with Crippen LogP contribution in [-0.2, 0) is 6.54 Å². The predicted octanol–water partition coefficient (Wildman–Crippen LogP) is 3.67. The predicted molar refractivity (Wildman–Crippen MR) is 76.7 cm³/mol. The van der Waals surface area contributed by atoms with Crippen LogP contribution in [0.15, 0.2) is 12.1 Å². The molecule has 0 saturated carbocycles. The second-order valence-corrected chi connectivity index (χ2v) is 5.14. The molecule has 2 N–H and O–H groups in total. The zero-order chi connectivity index (χ0) is 13.3. The Morgan fingerprint density at radius 3 is 2.67 bits per heavy atom. The van der Waals surface area contributed by atoms with Crippen molar-refractivity contribution in [3.8, 4) is 5.75 Å². The number of aromatic nitrogens is 1. The van der Waals surface area contributed by atoms with Gasteiger partial charge in [0, 0.05) is 23.1 Å². The van der Waals surface area contributed by atoms with Crippen LogP contribution < -0.4 is 10.1 Å². The Hall–Kier alpha value is -1.19. The maximum Gasteiger partial charge on any atom is 0.138 e. The summed E-state index contributed by atoms with van der Waals surface area (Å²) in [6.07, 6.45) is 0. The van der Waals surface area contributed by atoms with Crippen LogP contribution in [-0.4, -0.2) is 19.1 Å². The van der Waals surface area contributed by atoms with Gasteiger partial charge in [-0.1, -0.05) is 25.4 Å². The summed E-state index contributed by atoms with van der Waals surface area (Å²) >= 11 is 6.16. The number of H-pyrrole nitrogens is 1. The number of aromatic amines is 1. The quantitative estimate of drug-likeness (QED) is 0.886. The van der Waals surface area contributed by atoms with Crippen LogP contribution in [0.1, 0.15) is 31.0 Å². The van der Waals surface area contributed by atoms with Crippen molar-refractivity contribution in [1.29, 1.82) is 0 Å². The van der Waals surface area contributed by atoms with Gasteiger partial charge in [-0.3, -0.25) is 0 Å². The molecule has 1 aromatic heterocycles. The highest BCUT2D eigenvalue weighted by Gasteiger charge is 2.16. The third-order valence-corrected chi connectivity index (χ3v) is 3.42. The Kier molecular flexibility index (Phi) is 3.83. The monoisotopic (exact) mass is 266 g/mol. The molecule has 0 saturated heterocycles. The molecular weight excluding hydrogens is 248 g/mol. The number of rotatable bonds is 4. The molecule has 0 atom stereocenters. The van der Waals surface area contributed by atoms with Crippen LogP contribution in [0.3, 0.4) is 0 Å². The summed E-state index contributed by atoms with van der Waals surface area (Å²) < 4.78 is 5.30. The molecule has 18 heavy (non-hydrogen) atoms. The van der Waals surface area contributed by atoms with Gasteiger partial charge in [-0.05, 0) is 30.7 Å². The van der Waals surface area contributed by atoms with E-state index in [-0.39, 0.29) is 0 Å². The lowest BCUT2D eigenvalue weighted by Gasteiger charge is -2.08. The first-order valence-electron chi connectivity index (χ1n) is 6.11. The number of hydrogen-bond donors (Lipinski definition) is 2. The van der Waals surface area contributed by atoms with E-state index in [1.54, 1.807) is 7.11 Å². The van der Waals surface area contributed by atoms with Crippen molar-refractivity contribution >= 4 is 22.5 Å². The van der Waals surface area contributed by atoms with E-state index in [2.05, 4.69) is 24.1 Å². The van der Waals surface area contributed by atoms with Crippen molar-refractivity contribution in [3.05, 3.63) is 28.4 Å². The van der Waals surface area contributed by atoms with E-state index in [9.17, 15) is 0 Å². The number of benzene rings is 1. The Morgan fingerprint density at radius 1 is 1.39 bits per heavy atom. The largest absolute Gasteiger partial charge is 0.495 e. The van der Waals surface area contributed by atoms with Crippen molar-refractivity contribution in [3.63, 3.8) is 0 Å². The van der Waals surface area contributed by atoms with Crippen molar-refractivity contribution < 1.29 is 4.74 Å². The molecular formula is C14H19ClN2O. The molecule has 0 bridgehead atoms. The van der Waals surface area contributed by atoms with Crippen molar-refractivity contribution in [1.82, 2.24) is 10.3 Å². The lowest BCUT2D eigenvalue weighted by atomic mass is 9.99. The molecule has 0 aliphatic rings. The van der Waals surface area contributed by atoms with E-state index in [0.717, 1.165) is 17.8 Å². The van der Waals surface area contributed by atoms with Crippen LogP contribution in [0.25, 0.3) is 10.9 Å². The van der Waals surface area contributed by atoms with E-state index in [4.69, 9.17) is 16.3 Å². The Labute approximate surface area is 112 Å². The molecule has 2 aromatic rings. The highest BCUT2D eigenvalue weighted by atomic mass is 35.5. The zero-order valence-corrected chi connectivity index (χ0v) is 12.0. The molecule has 0 radical (unpaired) electrons. The lowest BCUT2D eigenvalue weighted by Crippen LogP contribution is -2.08. The van der Waals surface area contributed by atoms with Gasteiger partial charge >= 0.3 is 0 Å². The number of halogens is 1. The normalized spacial score (nSPS) is 11.4. The average molecular weight is 267 g/mol. The second kappa shape index (κ2) is 5.21. The van der Waals surface area contributed by atoms with Crippen molar-refractivity contribution in [2.75, 3.05) is 14.2 Å². The minimum Gasteiger partial charge on any atom is -0.495 e. The molecule has 0 unspecified atom stereocenters. The molecule has 2 rings (SSSR count). The molecule has 98 valence electrons. The summed E-state index contributed by atoms with van der Waals surface area (Å²) in [6.45, 7) is 5.22. The van der Waals surface area contributed by atoms with Gasteiger partial charge in [0.15, 0.2) is 0 Å². The molecule has 1 heterocycles. The topological polar surface area (TPSA) is 37.0 Å². The number of nitrogens with one attached hydrogen (secondary N) is 2. The molecule has 0 aliphatic heterocycles. The molecule has 0 fully saturated rings. The fourth-order valence-electron chi connectivity index (χ4n) is 2.40. The maximum absolute atomic E-state index is 6.16. The molecule has 4 heteroatoms. The average Bonchev–Trinajstić information content (AvgIpc) is 2.65. The second-order valence-electron chi connectivity index (χ2n) is 4.73. The van der Waals surface area contributed by atoms with Gasteiger partial charge in [-0.25, -0.2) is 0 Å². The van der Waals surface area contributed by atoms with Crippen LogP contribution in [0.2, 0.25) is 5.02 Å².